The van der Waals surface area contributed by atoms with Crippen molar-refractivity contribution in [1.29, 1.82) is 0 Å². The van der Waals surface area contributed by atoms with Gasteiger partial charge in [0.05, 0.1) is 15.8 Å². The zero-order valence-corrected chi connectivity index (χ0v) is 20.4. The Labute approximate surface area is 212 Å². The van der Waals surface area contributed by atoms with Crippen molar-refractivity contribution in [3.63, 3.8) is 0 Å². The first kappa shape index (κ1) is 22.7. The Morgan fingerprint density at radius 1 is 0.914 bits per heavy atom. The maximum absolute atomic E-state index is 12.7. The molecular formula is C28H21N3O2S2. The van der Waals surface area contributed by atoms with Gasteiger partial charge in [0.15, 0.2) is 5.11 Å². The molecule has 0 aliphatic carbocycles. The van der Waals surface area contributed by atoms with Crippen LogP contribution in [0.4, 0.5) is 5.69 Å². The van der Waals surface area contributed by atoms with E-state index in [1.807, 2.05) is 73.7 Å². The van der Waals surface area contributed by atoms with Crippen molar-refractivity contribution < 1.29 is 9.90 Å². The number of phenolic OH excluding ortho intramolecular Hbond substituents is 1. The second-order valence-corrected chi connectivity index (χ2v) is 9.47. The quantitative estimate of drug-likeness (QED) is 0.189. The third-order valence-corrected chi connectivity index (χ3v) is 6.84. The fraction of sp³-hybridized carbons (Fsp3) is 0.0357. The standard InChI is InChI=1S/C28H21N3O2S2/c1-17-15-21(16-22(25(17)32)27-30-23-9-5-6-10-24(23)35-27)29-28(34)31-26(33)20-13-11-19(12-14-20)18-7-3-2-4-8-18/h2-16,32H,1H3,(H2,29,31,33,34). The number of thiazole rings is 1. The second kappa shape index (κ2) is 9.66. The van der Waals surface area contributed by atoms with Gasteiger partial charge in [0, 0.05) is 11.3 Å². The van der Waals surface area contributed by atoms with Crippen molar-refractivity contribution in [1.82, 2.24) is 10.3 Å². The van der Waals surface area contributed by atoms with Crippen LogP contribution in [-0.2, 0) is 0 Å². The summed E-state index contributed by atoms with van der Waals surface area (Å²) in [5.74, 6) is -0.132. The fourth-order valence-electron chi connectivity index (χ4n) is 3.78. The lowest BCUT2D eigenvalue weighted by molar-refractivity contribution is 0.0977. The Balaban J connectivity index is 1.31. The highest BCUT2D eigenvalue weighted by molar-refractivity contribution is 7.80. The Kier molecular flexibility index (Phi) is 6.27. The van der Waals surface area contributed by atoms with Crippen LogP contribution in [0.2, 0.25) is 0 Å². The number of nitrogens with one attached hydrogen (secondary N) is 2. The van der Waals surface area contributed by atoms with E-state index >= 15 is 0 Å². The van der Waals surface area contributed by atoms with Crippen LogP contribution in [0.1, 0.15) is 15.9 Å². The molecule has 0 bridgehead atoms. The zero-order valence-electron chi connectivity index (χ0n) is 18.8. The summed E-state index contributed by atoms with van der Waals surface area (Å²) in [5.41, 5.74) is 5.44. The number of thiocarbonyl (C=S) groups is 1. The first-order chi connectivity index (χ1) is 17.0. The van der Waals surface area contributed by atoms with E-state index in [0.29, 0.717) is 27.4 Å². The maximum atomic E-state index is 12.7. The number of aromatic hydroxyl groups is 1. The average molecular weight is 496 g/mol. The topological polar surface area (TPSA) is 74.2 Å². The molecule has 0 aliphatic rings. The molecule has 0 fully saturated rings. The Bertz CT molecular complexity index is 1510. The van der Waals surface area contributed by atoms with Crippen molar-refractivity contribution >= 4 is 50.5 Å². The molecular weight excluding hydrogens is 474 g/mol. The molecule has 0 radical (unpaired) electrons. The number of amides is 1. The molecule has 0 saturated carbocycles. The molecule has 1 aromatic heterocycles. The van der Waals surface area contributed by atoms with Gasteiger partial charge in [-0.3, -0.25) is 10.1 Å². The minimum Gasteiger partial charge on any atom is -0.507 e. The molecule has 35 heavy (non-hydrogen) atoms. The average Bonchev–Trinajstić information content (AvgIpc) is 3.31. The highest BCUT2D eigenvalue weighted by Crippen LogP contribution is 2.38. The number of aromatic nitrogens is 1. The predicted molar refractivity (Wildman–Crippen MR) is 147 cm³/mol. The van der Waals surface area contributed by atoms with Crippen LogP contribution in [0, 0.1) is 6.92 Å². The molecule has 5 aromatic rings. The van der Waals surface area contributed by atoms with Gasteiger partial charge in [0.25, 0.3) is 5.91 Å². The number of fused-ring (bicyclic) bond motifs is 1. The van der Waals surface area contributed by atoms with Crippen LogP contribution in [0.25, 0.3) is 31.9 Å². The Hall–Kier alpha value is -4.07. The molecule has 172 valence electrons. The summed E-state index contributed by atoms with van der Waals surface area (Å²) in [6.45, 7) is 1.81. The molecule has 7 heteroatoms. The van der Waals surface area contributed by atoms with E-state index in [1.54, 1.807) is 24.3 Å². The SMILES string of the molecule is Cc1cc(NC(=S)NC(=O)c2ccc(-c3ccccc3)cc2)cc(-c2nc3ccccc3s2)c1O. The zero-order chi connectivity index (χ0) is 24.4. The van der Waals surface area contributed by atoms with Gasteiger partial charge in [0.2, 0.25) is 0 Å². The molecule has 0 unspecified atom stereocenters. The van der Waals surface area contributed by atoms with Gasteiger partial charge < -0.3 is 10.4 Å². The Morgan fingerprint density at radius 2 is 1.60 bits per heavy atom. The number of hydrogen-bond donors (Lipinski definition) is 3. The molecule has 0 spiro atoms. The van der Waals surface area contributed by atoms with Crippen LogP contribution >= 0.6 is 23.6 Å². The van der Waals surface area contributed by atoms with Crippen molar-refractivity contribution in [2.24, 2.45) is 0 Å². The van der Waals surface area contributed by atoms with Gasteiger partial charge in [-0.05, 0) is 72.2 Å². The summed E-state index contributed by atoms with van der Waals surface area (Å²) in [4.78, 5) is 17.4. The smallest absolute Gasteiger partial charge is 0.257 e. The first-order valence-electron chi connectivity index (χ1n) is 11.0. The van der Waals surface area contributed by atoms with Crippen molar-refractivity contribution in [3.05, 3.63) is 102 Å². The number of hydrogen-bond acceptors (Lipinski definition) is 5. The Morgan fingerprint density at radius 3 is 2.34 bits per heavy atom. The van der Waals surface area contributed by atoms with Gasteiger partial charge in [-0.25, -0.2) is 4.98 Å². The monoisotopic (exact) mass is 495 g/mol. The largest absolute Gasteiger partial charge is 0.507 e. The number of aryl methyl sites for hydroxylation is 1. The molecule has 5 rings (SSSR count). The highest BCUT2D eigenvalue weighted by Gasteiger charge is 2.15. The maximum Gasteiger partial charge on any atom is 0.257 e. The third kappa shape index (κ3) is 4.91. The molecule has 4 aromatic carbocycles. The minimum absolute atomic E-state index is 0.169. The number of rotatable bonds is 4. The normalized spacial score (nSPS) is 10.8. The number of phenols is 1. The fourth-order valence-corrected chi connectivity index (χ4v) is 4.98. The van der Waals surface area contributed by atoms with E-state index in [1.165, 1.54) is 11.3 Å². The summed E-state index contributed by atoms with van der Waals surface area (Å²) in [5, 5.41) is 17.3. The van der Waals surface area contributed by atoms with Crippen LogP contribution in [-0.4, -0.2) is 21.1 Å². The lowest BCUT2D eigenvalue weighted by Gasteiger charge is -2.13. The van der Waals surface area contributed by atoms with Crippen LogP contribution in [0.5, 0.6) is 5.75 Å². The van der Waals surface area contributed by atoms with E-state index in [-0.39, 0.29) is 16.8 Å². The van der Waals surface area contributed by atoms with Gasteiger partial charge in [-0.1, -0.05) is 54.6 Å². The summed E-state index contributed by atoms with van der Waals surface area (Å²) in [7, 11) is 0. The van der Waals surface area contributed by atoms with Gasteiger partial charge in [0.1, 0.15) is 10.8 Å². The van der Waals surface area contributed by atoms with Crippen molar-refractivity contribution in [2.75, 3.05) is 5.32 Å². The number of para-hydroxylation sites is 1. The first-order valence-corrected chi connectivity index (χ1v) is 12.2. The summed E-state index contributed by atoms with van der Waals surface area (Å²) < 4.78 is 1.04. The second-order valence-electron chi connectivity index (χ2n) is 8.03. The van der Waals surface area contributed by atoms with E-state index in [4.69, 9.17) is 12.2 Å². The minimum atomic E-state index is -0.302. The molecule has 5 nitrogen and oxygen atoms in total. The molecule has 0 atom stereocenters. The third-order valence-electron chi connectivity index (χ3n) is 5.56. The van der Waals surface area contributed by atoms with Crippen LogP contribution in [0.3, 0.4) is 0 Å². The number of anilines is 1. The lowest BCUT2D eigenvalue weighted by Crippen LogP contribution is -2.34. The van der Waals surface area contributed by atoms with E-state index < -0.39 is 0 Å². The van der Waals surface area contributed by atoms with Crippen LogP contribution in [0.15, 0.2) is 91.0 Å². The van der Waals surface area contributed by atoms with Crippen LogP contribution < -0.4 is 10.6 Å². The van der Waals surface area contributed by atoms with Gasteiger partial charge in [-0.2, -0.15) is 0 Å². The highest BCUT2D eigenvalue weighted by atomic mass is 32.1. The molecule has 3 N–H and O–H groups in total. The van der Waals surface area contributed by atoms with E-state index in [0.717, 1.165) is 21.3 Å². The van der Waals surface area contributed by atoms with Crippen molar-refractivity contribution in [2.45, 2.75) is 6.92 Å². The molecule has 1 amide bonds. The number of nitrogens with zero attached hydrogens (tertiary/aromatic N) is 1. The van der Waals surface area contributed by atoms with Crippen molar-refractivity contribution in [3.8, 4) is 27.4 Å². The number of carbonyl (C=O) groups excluding carboxylic acids is 1. The van der Waals surface area contributed by atoms with E-state index in [9.17, 15) is 9.90 Å². The number of carbonyl (C=O) groups is 1. The molecule has 1 heterocycles. The summed E-state index contributed by atoms with van der Waals surface area (Å²) >= 11 is 6.89. The summed E-state index contributed by atoms with van der Waals surface area (Å²) in [6.07, 6.45) is 0. The van der Waals surface area contributed by atoms with Gasteiger partial charge >= 0.3 is 0 Å². The number of benzene rings is 4. The summed E-state index contributed by atoms with van der Waals surface area (Å²) in [6, 6.07) is 28.7. The van der Waals surface area contributed by atoms with Gasteiger partial charge in [-0.15, -0.1) is 11.3 Å². The molecule has 0 saturated heterocycles. The van der Waals surface area contributed by atoms with E-state index in [2.05, 4.69) is 15.6 Å². The predicted octanol–water partition coefficient (Wildman–Crippen LogP) is 6.77. The lowest BCUT2D eigenvalue weighted by atomic mass is 10.0. The molecule has 0 aliphatic heterocycles.